The molecule has 1 aliphatic carbocycles. The molecule has 2 rings (SSSR count). The smallest absolute Gasteiger partial charge is 0.250 e. The van der Waals surface area contributed by atoms with E-state index in [1.165, 1.54) is 19.3 Å². The summed E-state index contributed by atoms with van der Waals surface area (Å²) in [6, 6.07) is 5.27. The molecule has 1 fully saturated rings. The van der Waals surface area contributed by atoms with Crippen LogP contribution in [0.2, 0.25) is 0 Å². The third kappa shape index (κ3) is 3.51. The molecule has 0 spiro atoms. The van der Waals surface area contributed by atoms with Crippen molar-refractivity contribution in [3.8, 4) is 0 Å². The minimum Gasteiger partial charge on any atom is -0.315 e. The number of pyridine rings is 1. The first kappa shape index (κ1) is 10.4. The van der Waals surface area contributed by atoms with Gasteiger partial charge in [0.1, 0.15) is 0 Å². The first-order valence-corrected chi connectivity index (χ1v) is 5.72. The molecule has 0 atom stereocenters. The maximum atomic E-state index is 11.3. The second kappa shape index (κ2) is 5.12. The van der Waals surface area contributed by atoms with E-state index in [1.807, 2.05) is 12.3 Å². The van der Waals surface area contributed by atoms with Gasteiger partial charge in [-0.25, -0.2) is 0 Å². The maximum Gasteiger partial charge on any atom is 0.250 e. The molecule has 0 saturated heterocycles. The van der Waals surface area contributed by atoms with Gasteiger partial charge in [-0.2, -0.15) is 0 Å². The van der Waals surface area contributed by atoms with Crippen LogP contribution in [0.4, 0.5) is 0 Å². The minimum atomic E-state index is 0.0847. The van der Waals surface area contributed by atoms with E-state index in [1.54, 1.807) is 16.7 Å². The molecule has 1 saturated carbocycles. The van der Waals surface area contributed by atoms with Gasteiger partial charge in [-0.1, -0.05) is 18.9 Å². The highest BCUT2D eigenvalue weighted by molar-refractivity contribution is 4.93. The Bertz CT molecular complexity index is 355. The average molecular weight is 206 g/mol. The number of nitrogens with zero attached hydrogens (tertiary/aromatic N) is 1. The number of aromatic nitrogens is 1. The van der Waals surface area contributed by atoms with Crippen molar-refractivity contribution in [3.63, 3.8) is 0 Å². The van der Waals surface area contributed by atoms with Crippen LogP contribution in [0.15, 0.2) is 29.2 Å². The summed E-state index contributed by atoms with van der Waals surface area (Å²) in [7, 11) is 0. The minimum absolute atomic E-state index is 0.0847. The van der Waals surface area contributed by atoms with Crippen LogP contribution in [0, 0.1) is 5.92 Å². The summed E-state index contributed by atoms with van der Waals surface area (Å²) in [5, 5.41) is 3.37. The second-order valence-corrected chi connectivity index (χ2v) is 4.21. The molecule has 1 heterocycles. The molecule has 1 aliphatic rings. The first-order valence-electron chi connectivity index (χ1n) is 5.72. The van der Waals surface area contributed by atoms with Crippen molar-refractivity contribution in [3.05, 3.63) is 34.7 Å². The van der Waals surface area contributed by atoms with Gasteiger partial charge in [-0.15, -0.1) is 0 Å². The lowest BCUT2D eigenvalue weighted by Crippen LogP contribution is -2.26. The van der Waals surface area contributed by atoms with Gasteiger partial charge in [0.15, 0.2) is 0 Å². The number of hydrogen-bond acceptors (Lipinski definition) is 2. The van der Waals surface area contributed by atoms with Gasteiger partial charge in [0.25, 0.3) is 5.56 Å². The molecule has 3 heteroatoms. The van der Waals surface area contributed by atoms with Crippen molar-refractivity contribution in [2.45, 2.75) is 25.8 Å². The molecule has 15 heavy (non-hydrogen) atoms. The summed E-state index contributed by atoms with van der Waals surface area (Å²) in [5.41, 5.74) is 0.0847. The Labute approximate surface area is 90.1 Å². The van der Waals surface area contributed by atoms with Crippen molar-refractivity contribution in [2.24, 2.45) is 5.92 Å². The molecule has 1 aromatic heterocycles. The van der Waals surface area contributed by atoms with Gasteiger partial charge >= 0.3 is 0 Å². The van der Waals surface area contributed by atoms with Crippen LogP contribution in [0.3, 0.4) is 0 Å². The molecule has 1 aromatic rings. The highest BCUT2D eigenvalue weighted by atomic mass is 16.1. The molecule has 82 valence electrons. The Balaban J connectivity index is 1.64. The number of nitrogens with one attached hydrogen (secondary N) is 1. The summed E-state index contributed by atoms with van der Waals surface area (Å²) in [6.07, 6.45) is 5.97. The van der Waals surface area contributed by atoms with Crippen molar-refractivity contribution < 1.29 is 0 Å². The summed E-state index contributed by atoms with van der Waals surface area (Å²) in [5.74, 6) is 0.983. The summed E-state index contributed by atoms with van der Waals surface area (Å²) in [6.45, 7) is 2.74. The summed E-state index contributed by atoms with van der Waals surface area (Å²) < 4.78 is 1.74. The van der Waals surface area contributed by atoms with Crippen molar-refractivity contribution in [2.75, 3.05) is 13.1 Å². The van der Waals surface area contributed by atoms with E-state index in [0.29, 0.717) is 0 Å². The van der Waals surface area contributed by atoms with Crippen molar-refractivity contribution in [1.29, 1.82) is 0 Å². The third-order valence-corrected chi connectivity index (χ3v) is 2.85. The summed E-state index contributed by atoms with van der Waals surface area (Å²) in [4.78, 5) is 11.3. The monoisotopic (exact) mass is 206 g/mol. The Morgan fingerprint density at radius 2 is 2.20 bits per heavy atom. The van der Waals surface area contributed by atoms with Crippen LogP contribution in [-0.2, 0) is 6.54 Å². The fourth-order valence-corrected chi connectivity index (χ4v) is 1.68. The summed E-state index contributed by atoms with van der Waals surface area (Å²) >= 11 is 0. The highest BCUT2D eigenvalue weighted by Gasteiger charge is 2.19. The van der Waals surface area contributed by atoms with Crippen LogP contribution in [0.25, 0.3) is 0 Å². The molecule has 0 radical (unpaired) electrons. The number of hydrogen-bond donors (Lipinski definition) is 1. The fourth-order valence-electron chi connectivity index (χ4n) is 1.68. The largest absolute Gasteiger partial charge is 0.315 e. The predicted octanol–water partition coefficient (Wildman–Crippen LogP) is 1.24. The molecule has 0 bridgehead atoms. The van der Waals surface area contributed by atoms with E-state index in [-0.39, 0.29) is 5.56 Å². The van der Waals surface area contributed by atoms with Crippen LogP contribution in [0.5, 0.6) is 0 Å². The lowest BCUT2D eigenvalue weighted by Gasteiger charge is -2.06. The fraction of sp³-hybridized carbons (Fsp3) is 0.583. The lowest BCUT2D eigenvalue weighted by atomic mass is 10.3. The zero-order valence-electron chi connectivity index (χ0n) is 8.98. The quantitative estimate of drug-likeness (QED) is 0.710. The van der Waals surface area contributed by atoms with Crippen LogP contribution in [-0.4, -0.2) is 17.7 Å². The van der Waals surface area contributed by atoms with Gasteiger partial charge in [-0.05, 0) is 24.9 Å². The zero-order chi connectivity index (χ0) is 10.5. The molecule has 0 unspecified atom stereocenters. The molecule has 3 nitrogen and oxygen atoms in total. The van der Waals surface area contributed by atoms with Gasteiger partial charge in [0, 0.05) is 25.4 Å². The average Bonchev–Trinajstić information content (AvgIpc) is 3.04. The van der Waals surface area contributed by atoms with Gasteiger partial charge in [0.2, 0.25) is 0 Å². The van der Waals surface area contributed by atoms with E-state index < -0.39 is 0 Å². The SMILES string of the molecule is O=c1ccccn1CCNCCC1CC1. The van der Waals surface area contributed by atoms with Crippen molar-refractivity contribution >= 4 is 0 Å². The van der Waals surface area contributed by atoms with Gasteiger partial charge in [-0.3, -0.25) is 4.79 Å². The molecule has 1 N–H and O–H groups in total. The Morgan fingerprint density at radius 1 is 1.33 bits per heavy atom. The normalized spacial score (nSPS) is 15.5. The molecular weight excluding hydrogens is 188 g/mol. The van der Waals surface area contributed by atoms with E-state index in [0.717, 1.165) is 25.6 Å². The third-order valence-electron chi connectivity index (χ3n) is 2.85. The van der Waals surface area contributed by atoms with Gasteiger partial charge < -0.3 is 9.88 Å². The number of rotatable bonds is 6. The molecular formula is C12H18N2O. The van der Waals surface area contributed by atoms with Crippen LogP contribution < -0.4 is 10.9 Å². The molecule has 0 amide bonds. The van der Waals surface area contributed by atoms with Gasteiger partial charge in [0.05, 0.1) is 0 Å². The first-order chi connectivity index (χ1) is 7.36. The zero-order valence-corrected chi connectivity index (χ0v) is 8.98. The van der Waals surface area contributed by atoms with Crippen LogP contribution in [0.1, 0.15) is 19.3 Å². The highest BCUT2D eigenvalue weighted by Crippen LogP contribution is 2.31. The second-order valence-electron chi connectivity index (χ2n) is 4.21. The van der Waals surface area contributed by atoms with E-state index in [4.69, 9.17) is 0 Å². The maximum absolute atomic E-state index is 11.3. The predicted molar refractivity (Wildman–Crippen MR) is 60.9 cm³/mol. The molecule has 0 aromatic carbocycles. The van der Waals surface area contributed by atoms with E-state index >= 15 is 0 Å². The van der Waals surface area contributed by atoms with Crippen molar-refractivity contribution in [1.82, 2.24) is 9.88 Å². The Kier molecular flexibility index (Phi) is 3.56. The van der Waals surface area contributed by atoms with E-state index in [2.05, 4.69) is 5.32 Å². The molecule has 0 aliphatic heterocycles. The topological polar surface area (TPSA) is 34.0 Å². The Morgan fingerprint density at radius 3 is 2.93 bits per heavy atom. The standard InChI is InChI=1S/C12H18N2O/c15-12-3-1-2-9-14(12)10-8-13-7-6-11-4-5-11/h1-3,9,11,13H,4-8,10H2. The Hall–Kier alpha value is -1.09. The van der Waals surface area contributed by atoms with Crippen LogP contribution >= 0.6 is 0 Å². The van der Waals surface area contributed by atoms with E-state index in [9.17, 15) is 4.79 Å². The lowest BCUT2D eigenvalue weighted by molar-refractivity contribution is 0.558.